The molecule has 2 N–H and O–H groups in total. The van der Waals surface area contributed by atoms with Gasteiger partial charge in [-0.05, 0) is 45.5 Å². The summed E-state index contributed by atoms with van der Waals surface area (Å²) >= 11 is 0. The van der Waals surface area contributed by atoms with Crippen LogP contribution in [-0.2, 0) is 16.6 Å². The molecule has 0 aromatic carbocycles. The fraction of sp³-hybridized carbons (Fsp3) is 0.667. The highest BCUT2D eigenvalue weighted by molar-refractivity contribution is 7.89. The monoisotopic (exact) mass is 288 g/mol. The van der Waals surface area contributed by atoms with Gasteiger partial charge in [0.25, 0.3) is 10.0 Å². The number of hydrogen-bond donors (Lipinski definition) is 2. The van der Waals surface area contributed by atoms with E-state index in [9.17, 15) is 8.42 Å². The van der Waals surface area contributed by atoms with Gasteiger partial charge in [-0.25, -0.2) is 13.1 Å². The molecule has 0 aliphatic carbocycles. The Balaban J connectivity index is 2.05. The normalized spacial score (nSPS) is 25.6. The molecule has 108 valence electrons. The number of piperidine rings is 1. The van der Waals surface area contributed by atoms with Gasteiger partial charge in [-0.2, -0.15) is 0 Å². The largest absolute Gasteiger partial charge is 0.446 e. The molecule has 0 amide bonds. The molecular weight excluding hydrogens is 268 g/mol. The molecule has 6 nitrogen and oxygen atoms in total. The van der Waals surface area contributed by atoms with Gasteiger partial charge in [0.1, 0.15) is 12.4 Å². The van der Waals surface area contributed by atoms with Gasteiger partial charge in [-0.3, -0.25) is 0 Å². The molecule has 2 heterocycles. The van der Waals surface area contributed by atoms with Crippen molar-refractivity contribution >= 4 is 10.0 Å². The summed E-state index contributed by atoms with van der Waals surface area (Å²) in [6.07, 6.45) is 1.57. The number of aliphatic hydroxyl groups excluding tert-OH is 1. The molecule has 1 fully saturated rings. The van der Waals surface area contributed by atoms with Gasteiger partial charge in [0.05, 0.1) is 0 Å². The van der Waals surface area contributed by atoms with Crippen LogP contribution in [0.3, 0.4) is 0 Å². The van der Waals surface area contributed by atoms with Crippen LogP contribution >= 0.6 is 0 Å². The fourth-order valence-electron chi connectivity index (χ4n) is 2.26. The summed E-state index contributed by atoms with van der Waals surface area (Å²) in [6, 6.07) is 3.11. The van der Waals surface area contributed by atoms with Crippen molar-refractivity contribution in [2.75, 3.05) is 13.6 Å². The Morgan fingerprint density at radius 1 is 1.53 bits per heavy atom. The van der Waals surface area contributed by atoms with Gasteiger partial charge in [-0.1, -0.05) is 0 Å². The molecule has 0 saturated carbocycles. The Bertz CT molecular complexity index is 526. The Morgan fingerprint density at radius 3 is 2.84 bits per heavy atom. The number of nitrogens with zero attached hydrogens (tertiary/aromatic N) is 1. The lowest BCUT2D eigenvalue weighted by Gasteiger charge is -2.34. The van der Waals surface area contributed by atoms with E-state index in [-0.39, 0.29) is 23.5 Å². The predicted molar refractivity (Wildman–Crippen MR) is 70.1 cm³/mol. The maximum absolute atomic E-state index is 12.1. The standard InChI is InChI=1S/C12H20N2O4S/c1-9-7-10(5-6-14(9)2)13-19(16,17)12-4-3-11(8-15)18-12/h3-4,9-10,13,15H,5-8H2,1-2H3. The van der Waals surface area contributed by atoms with Crippen molar-refractivity contribution in [1.29, 1.82) is 0 Å². The first-order valence-electron chi connectivity index (χ1n) is 6.34. The Morgan fingerprint density at radius 2 is 2.26 bits per heavy atom. The number of hydrogen-bond acceptors (Lipinski definition) is 5. The van der Waals surface area contributed by atoms with Gasteiger partial charge in [0.15, 0.2) is 0 Å². The van der Waals surface area contributed by atoms with Crippen molar-refractivity contribution in [3.8, 4) is 0 Å². The fourth-order valence-corrected chi connectivity index (χ4v) is 3.49. The minimum Gasteiger partial charge on any atom is -0.446 e. The van der Waals surface area contributed by atoms with E-state index in [4.69, 9.17) is 9.52 Å². The molecule has 0 spiro atoms. The highest BCUT2D eigenvalue weighted by Gasteiger charge is 2.28. The van der Waals surface area contributed by atoms with Gasteiger partial charge in [0.2, 0.25) is 5.09 Å². The summed E-state index contributed by atoms with van der Waals surface area (Å²) in [5.41, 5.74) is 0. The maximum atomic E-state index is 12.1. The third-order valence-corrected chi connectivity index (χ3v) is 4.98. The van der Waals surface area contributed by atoms with E-state index in [1.807, 2.05) is 7.05 Å². The summed E-state index contributed by atoms with van der Waals surface area (Å²) < 4.78 is 32.0. The second kappa shape index (κ2) is 5.62. The van der Waals surface area contributed by atoms with Crippen LogP contribution in [0.4, 0.5) is 0 Å². The van der Waals surface area contributed by atoms with E-state index < -0.39 is 10.0 Å². The van der Waals surface area contributed by atoms with E-state index in [2.05, 4.69) is 16.5 Å². The molecule has 2 unspecified atom stereocenters. The van der Waals surface area contributed by atoms with Crippen LogP contribution in [0.1, 0.15) is 25.5 Å². The number of rotatable bonds is 4. The molecule has 0 radical (unpaired) electrons. The average Bonchev–Trinajstić information content (AvgIpc) is 2.83. The molecule has 2 atom stereocenters. The van der Waals surface area contributed by atoms with Gasteiger partial charge in [0, 0.05) is 12.1 Å². The molecule has 1 aliphatic rings. The Labute approximate surface area is 113 Å². The number of sulfonamides is 1. The first-order chi connectivity index (χ1) is 8.92. The Hall–Kier alpha value is -0.890. The van der Waals surface area contributed by atoms with Crippen molar-refractivity contribution in [3.63, 3.8) is 0 Å². The van der Waals surface area contributed by atoms with Crippen molar-refractivity contribution < 1.29 is 17.9 Å². The van der Waals surface area contributed by atoms with Gasteiger partial charge >= 0.3 is 0 Å². The van der Waals surface area contributed by atoms with E-state index in [1.54, 1.807) is 0 Å². The second-order valence-corrected chi connectivity index (χ2v) is 6.70. The molecule has 0 bridgehead atoms. The number of aliphatic hydroxyl groups is 1. The second-order valence-electron chi connectivity index (χ2n) is 5.05. The number of likely N-dealkylation sites (tertiary alicyclic amines) is 1. The summed E-state index contributed by atoms with van der Waals surface area (Å²) in [6.45, 7) is 2.65. The smallest absolute Gasteiger partial charge is 0.274 e. The SMILES string of the molecule is CC1CC(NS(=O)(=O)c2ccc(CO)o2)CCN1C. The number of furan rings is 1. The van der Waals surface area contributed by atoms with Crippen LogP contribution in [0.25, 0.3) is 0 Å². The predicted octanol–water partition coefficient (Wildman–Crippen LogP) is 0.533. The van der Waals surface area contributed by atoms with Crippen molar-refractivity contribution in [1.82, 2.24) is 9.62 Å². The lowest BCUT2D eigenvalue weighted by molar-refractivity contribution is 0.177. The molecule has 1 aliphatic heterocycles. The molecule has 1 aromatic heterocycles. The molecule has 2 rings (SSSR count). The lowest BCUT2D eigenvalue weighted by atomic mass is 10.0. The van der Waals surface area contributed by atoms with Crippen molar-refractivity contribution in [2.24, 2.45) is 0 Å². The molecule has 19 heavy (non-hydrogen) atoms. The van der Waals surface area contributed by atoms with E-state index in [0.717, 1.165) is 19.4 Å². The molecule has 7 heteroatoms. The third kappa shape index (κ3) is 3.36. The minimum atomic E-state index is -3.64. The zero-order chi connectivity index (χ0) is 14.0. The zero-order valence-electron chi connectivity index (χ0n) is 11.2. The highest BCUT2D eigenvalue weighted by atomic mass is 32.2. The zero-order valence-corrected chi connectivity index (χ0v) is 12.0. The van der Waals surface area contributed by atoms with Gasteiger partial charge in [-0.15, -0.1) is 0 Å². The van der Waals surface area contributed by atoms with Crippen molar-refractivity contribution in [2.45, 2.75) is 43.5 Å². The molecular formula is C12H20N2O4S. The van der Waals surface area contributed by atoms with Crippen LogP contribution < -0.4 is 4.72 Å². The van der Waals surface area contributed by atoms with E-state index in [0.29, 0.717) is 6.04 Å². The summed E-state index contributed by atoms with van der Waals surface area (Å²) in [4.78, 5) is 2.21. The van der Waals surface area contributed by atoms with Crippen molar-refractivity contribution in [3.05, 3.63) is 17.9 Å². The topological polar surface area (TPSA) is 82.8 Å². The highest BCUT2D eigenvalue weighted by Crippen LogP contribution is 2.19. The third-order valence-electron chi connectivity index (χ3n) is 3.59. The minimum absolute atomic E-state index is 0.0705. The van der Waals surface area contributed by atoms with E-state index >= 15 is 0 Å². The van der Waals surface area contributed by atoms with Gasteiger partial charge < -0.3 is 14.4 Å². The van der Waals surface area contributed by atoms with Crippen LogP contribution in [0, 0.1) is 0 Å². The quantitative estimate of drug-likeness (QED) is 0.844. The maximum Gasteiger partial charge on any atom is 0.274 e. The summed E-state index contributed by atoms with van der Waals surface area (Å²) in [5.74, 6) is 0.247. The van der Waals surface area contributed by atoms with Crippen LogP contribution in [-0.4, -0.2) is 44.1 Å². The van der Waals surface area contributed by atoms with Crippen LogP contribution in [0.2, 0.25) is 0 Å². The van der Waals surface area contributed by atoms with Crippen LogP contribution in [0.15, 0.2) is 21.6 Å². The first-order valence-corrected chi connectivity index (χ1v) is 7.83. The summed E-state index contributed by atoms with van der Waals surface area (Å²) in [5, 5.41) is 8.75. The van der Waals surface area contributed by atoms with Crippen LogP contribution in [0.5, 0.6) is 0 Å². The molecule has 1 aromatic rings. The first kappa shape index (κ1) is 14.5. The summed E-state index contributed by atoms with van der Waals surface area (Å²) in [7, 11) is -1.60. The lowest BCUT2D eigenvalue weighted by Crippen LogP contribution is -2.47. The van der Waals surface area contributed by atoms with E-state index in [1.165, 1.54) is 12.1 Å². The molecule has 1 saturated heterocycles. The average molecular weight is 288 g/mol. The number of nitrogens with one attached hydrogen (secondary N) is 1. The Kier molecular flexibility index (Phi) is 4.29.